The van der Waals surface area contributed by atoms with Gasteiger partial charge in [0, 0.05) is 12.8 Å². The molecule has 0 heterocycles. The molecule has 0 aliphatic carbocycles. The van der Waals surface area contributed by atoms with Crippen molar-refractivity contribution in [3.63, 3.8) is 0 Å². The van der Waals surface area contributed by atoms with Crippen molar-refractivity contribution in [2.45, 2.75) is 85.5 Å². The lowest BCUT2D eigenvalue weighted by Crippen LogP contribution is -2.13. The SMILES string of the molecule is C=CCc1cc(F)c(OC(=O)CCCCC(C)C)c(OC(=O)CCCCC(C)C)c1. The summed E-state index contributed by atoms with van der Waals surface area (Å²) in [6.45, 7) is 12.2. The largest absolute Gasteiger partial charge is 0.422 e. The second-order valence-corrected chi connectivity index (χ2v) is 8.63. The van der Waals surface area contributed by atoms with Gasteiger partial charge in [-0.1, -0.05) is 59.5 Å². The van der Waals surface area contributed by atoms with Crippen LogP contribution in [-0.2, 0) is 16.0 Å². The lowest BCUT2D eigenvalue weighted by Gasteiger charge is -2.13. The van der Waals surface area contributed by atoms with Gasteiger partial charge in [0.25, 0.3) is 0 Å². The van der Waals surface area contributed by atoms with E-state index in [0.717, 1.165) is 25.7 Å². The molecule has 0 atom stereocenters. The van der Waals surface area contributed by atoms with Gasteiger partial charge in [-0.05, 0) is 48.8 Å². The van der Waals surface area contributed by atoms with Gasteiger partial charge in [-0.15, -0.1) is 6.58 Å². The zero-order valence-corrected chi connectivity index (χ0v) is 19.0. The highest BCUT2D eigenvalue weighted by Gasteiger charge is 2.20. The van der Waals surface area contributed by atoms with Gasteiger partial charge in [0.15, 0.2) is 11.6 Å². The van der Waals surface area contributed by atoms with E-state index in [1.54, 1.807) is 6.08 Å². The average Bonchev–Trinajstić information content (AvgIpc) is 2.65. The molecule has 0 spiro atoms. The smallest absolute Gasteiger partial charge is 0.311 e. The van der Waals surface area contributed by atoms with Crippen LogP contribution < -0.4 is 9.47 Å². The Labute approximate surface area is 180 Å². The van der Waals surface area contributed by atoms with E-state index in [2.05, 4.69) is 34.3 Å². The second-order valence-electron chi connectivity index (χ2n) is 8.63. The summed E-state index contributed by atoms with van der Waals surface area (Å²) < 4.78 is 25.3. The van der Waals surface area contributed by atoms with Crippen LogP contribution in [0.25, 0.3) is 0 Å². The van der Waals surface area contributed by atoms with Crippen molar-refractivity contribution in [3.8, 4) is 11.5 Å². The van der Waals surface area contributed by atoms with Crippen molar-refractivity contribution in [1.29, 1.82) is 0 Å². The standard InChI is InChI=1S/C25H37FO4/c1-6-11-20-16-21(26)25(30-24(28)15-10-8-13-19(4)5)22(17-20)29-23(27)14-9-7-12-18(2)3/h6,16-19H,1,7-15H2,2-5H3. The van der Waals surface area contributed by atoms with E-state index in [1.165, 1.54) is 12.1 Å². The number of hydrogen-bond acceptors (Lipinski definition) is 4. The predicted molar refractivity (Wildman–Crippen MR) is 118 cm³/mol. The molecule has 0 aromatic heterocycles. The Morgan fingerprint density at radius 1 is 0.933 bits per heavy atom. The van der Waals surface area contributed by atoms with Crippen LogP contribution in [0.3, 0.4) is 0 Å². The Bertz CT molecular complexity index is 695. The minimum absolute atomic E-state index is 0.0451. The number of rotatable bonds is 14. The number of benzene rings is 1. The maximum Gasteiger partial charge on any atom is 0.311 e. The summed E-state index contributed by atoms with van der Waals surface area (Å²) >= 11 is 0. The molecule has 1 aromatic carbocycles. The number of unbranched alkanes of at least 4 members (excludes halogenated alkanes) is 2. The number of esters is 2. The number of hydrogen-bond donors (Lipinski definition) is 0. The zero-order chi connectivity index (χ0) is 22.5. The van der Waals surface area contributed by atoms with E-state index in [0.29, 0.717) is 36.7 Å². The summed E-state index contributed by atoms with van der Waals surface area (Å²) in [5.41, 5.74) is 0.599. The van der Waals surface area contributed by atoms with Crippen LogP contribution in [0, 0.1) is 17.7 Å². The molecule has 168 valence electrons. The summed E-state index contributed by atoms with van der Waals surface area (Å²) in [6, 6.07) is 2.82. The van der Waals surface area contributed by atoms with Crippen molar-refractivity contribution in [2.75, 3.05) is 0 Å². The van der Waals surface area contributed by atoms with Gasteiger partial charge in [-0.2, -0.15) is 0 Å². The Morgan fingerprint density at radius 2 is 1.47 bits per heavy atom. The molecule has 0 saturated carbocycles. The molecule has 0 N–H and O–H groups in total. The highest BCUT2D eigenvalue weighted by molar-refractivity contribution is 5.76. The summed E-state index contributed by atoms with van der Waals surface area (Å²) in [6.07, 6.45) is 7.77. The van der Waals surface area contributed by atoms with Gasteiger partial charge in [-0.25, -0.2) is 4.39 Å². The van der Waals surface area contributed by atoms with Crippen molar-refractivity contribution in [2.24, 2.45) is 11.8 Å². The van der Waals surface area contributed by atoms with E-state index in [4.69, 9.17) is 9.47 Å². The Balaban J connectivity index is 2.80. The number of carbonyl (C=O) groups is 2. The molecule has 0 radical (unpaired) electrons. The van der Waals surface area contributed by atoms with Gasteiger partial charge in [0.05, 0.1) is 0 Å². The zero-order valence-electron chi connectivity index (χ0n) is 19.0. The molecule has 5 heteroatoms. The molecular formula is C25H37FO4. The van der Waals surface area contributed by atoms with Crippen LogP contribution in [0.5, 0.6) is 11.5 Å². The van der Waals surface area contributed by atoms with Crippen molar-refractivity contribution >= 4 is 11.9 Å². The molecule has 0 unspecified atom stereocenters. The third-order valence-electron chi connectivity index (χ3n) is 4.71. The van der Waals surface area contributed by atoms with E-state index in [-0.39, 0.29) is 24.3 Å². The molecule has 0 fully saturated rings. The number of allylic oxidation sites excluding steroid dienone is 1. The van der Waals surface area contributed by atoms with Crippen LogP contribution in [0.2, 0.25) is 0 Å². The monoisotopic (exact) mass is 420 g/mol. The third kappa shape index (κ3) is 10.6. The molecule has 4 nitrogen and oxygen atoms in total. The Morgan fingerprint density at radius 3 is 1.97 bits per heavy atom. The minimum atomic E-state index is -0.715. The first kappa shape index (κ1) is 25.9. The van der Waals surface area contributed by atoms with Crippen molar-refractivity contribution in [3.05, 3.63) is 36.2 Å². The summed E-state index contributed by atoms with van der Waals surface area (Å²) in [4.78, 5) is 24.4. The van der Waals surface area contributed by atoms with E-state index in [9.17, 15) is 14.0 Å². The molecule has 0 bridgehead atoms. The van der Waals surface area contributed by atoms with Gasteiger partial charge in [0.2, 0.25) is 5.75 Å². The molecule has 1 aromatic rings. The number of carbonyl (C=O) groups excluding carboxylic acids is 2. The second kappa shape index (κ2) is 13.9. The quantitative estimate of drug-likeness (QED) is 0.144. The van der Waals surface area contributed by atoms with Gasteiger partial charge < -0.3 is 9.47 Å². The third-order valence-corrected chi connectivity index (χ3v) is 4.71. The first-order valence-electron chi connectivity index (χ1n) is 11.1. The maximum absolute atomic E-state index is 14.6. The Hall–Kier alpha value is -2.17. The van der Waals surface area contributed by atoms with Crippen LogP contribution in [0.4, 0.5) is 4.39 Å². The fourth-order valence-electron chi connectivity index (χ4n) is 3.06. The topological polar surface area (TPSA) is 52.6 Å². The highest BCUT2D eigenvalue weighted by atomic mass is 19.1. The fraction of sp³-hybridized carbons (Fsp3) is 0.600. The highest BCUT2D eigenvalue weighted by Crippen LogP contribution is 2.33. The van der Waals surface area contributed by atoms with Crippen molar-refractivity contribution < 1.29 is 23.5 Å². The normalized spacial score (nSPS) is 11.0. The molecule has 0 amide bonds. The lowest BCUT2D eigenvalue weighted by molar-refractivity contribution is -0.137. The molecule has 0 saturated heterocycles. The van der Waals surface area contributed by atoms with Gasteiger partial charge in [-0.3, -0.25) is 9.59 Å². The van der Waals surface area contributed by atoms with E-state index < -0.39 is 17.8 Å². The summed E-state index contributed by atoms with van der Waals surface area (Å²) in [7, 11) is 0. The average molecular weight is 421 g/mol. The molecule has 1 rings (SSSR count). The van der Waals surface area contributed by atoms with Gasteiger partial charge >= 0.3 is 11.9 Å². The molecule has 30 heavy (non-hydrogen) atoms. The van der Waals surface area contributed by atoms with Crippen LogP contribution in [-0.4, -0.2) is 11.9 Å². The van der Waals surface area contributed by atoms with Crippen LogP contribution >= 0.6 is 0 Å². The summed E-state index contributed by atoms with van der Waals surface area (Å²) in [5, 5.41) is 0. The molecule has 0 aliphatic rings. The van der Waals surface area contributed by atoms with Crippen LogP contribution in [0.1, 0.15) is 84.6 Å². The first-order valence-corrected chi connectivity index (χ1v) is 11.1. The van der Waals surface area contributed by atoms with E-state index >= 15 is 0 Å². The lowest BCUT2D eigenvalue weighted by atomic mass is 10.1. The number of ether oxygens (including phenoxy) is 2. The predicted octanol–water partition coefficient (Wildman–Crippen LogP) is 6.80. The fourth-order valence-corrected chi connectivity index (χ4v) is 3.06. The first-order chi connectivity index (χ1) is 14.2. The summed E-state index contributed by atoms with van der Waals surface area (Å²) in [5.74, 6) is -0.901. The molecular weight excluding hydrogens is 383 g/mol. The minimum Gasteiger partial charge on any atom is -0.422 e. The molecule has 0 aliphatic heterocycles. The van der Waals surface area contributed by atoms with Crippen molar-refractivity contribution in [1.82, 2.24) is 0 Å². The van der Waals surface area contributed by atoms with Gasteiger partial charge in [0.1, 0.15) is 0 Å². The maximum atomic E-state index is 14.6. The Kier molecular flexibility index (Phi) is 12.0. The van der Waals surface area contributed by atoms with Crippen LogP contribution in [0.15, 0.2) is 24.8 Å². The van der Waals surface area contributed by atoms with E-state index in [1.807, 2.05) is 0 Å². The number of halogens is 1.